The molecule has 0 unspecified atom stereocenters. The molecule has 1 heterocycles. The first-order valence-corrected chi connectivity index (χ1v) is 6.41. The molecule has 2 amide bonds. The second-order valence-corrected chi connectivity index (χ2v) is 4.77. The van der Waals surface area contributed by atoms with E-state index < -0.39 is 5.82 Å². The number of carbonyl (C=O) groups excluding carboxylic acids is 2. The molecule has 0 spiro atoms. The quantitative estimate of drug-likeness (QED) is 0.778. The third-order valence-corrected chi connectivity index (χ3v) is 3.20. The molecule has 0 bridgehead atoms. The third kappa shape index (κ3) is 3.58. The van der Waals surface area contributed by atoms with E-state index in [4.69, 9.17) is 5.11 Å². The second-order valence-electron chi connectivity index (χ2n) is 4.77. The minimum absolute atomic E-state index is 0.0144. The first-order valence-electron chi connectivity index (χ1n) is 6.41. The van der Waals surface area contributed by atoms with Crippen molar-refractivity contribution >= 4 is 11.8 Å². The molecule has 0 atom stereocenters. The first-order chi connectivity index (χ1) is 10.0. The maximum absolute atomic E-state index is 14.0. The number of rotatable bonds is 2. The molecule has 1 aliphatic rings. The van der Waals surface area contributed by atoms with Gasteiger partial charge in [0, 0.05) is 24.7 Å². The molecule has 2 rings (SSSR count). The number of amides is 2. The van der Waals surface area contributed by atoms with Crippen LogP contribution in [0.4, 0.5) is 4.39 Å². The van der Waals surface area contributed by atoms with Gasteiger partial charge in [-0.25, -0.2) is 4.39 Å². The van der Waals surface area contributed by atoms with Gasteiger partial charge >= 0.3 is 0 Å². The lowest BCUT2D eigenvalue weighted by molar-refractivity contribution is -0.149. The van der Waals surface area contributed by atoms with Crippen molar-refractivity contribution in [3.8, 4) is 11.8 Å². The number of aliphatic hydroxyl groups excluding tert-OH is 1. The van der Waals surface area contributed by atoms with Crippen LogP contribution in [0.1, 0.15) is 11.1 Å². The maximum atomic E-state index is 14.0. The van der Waals surface area contributed by atoms with Crippen molar-refractivity contribution in [3.63, 3.8) is 0 Å². The Kier molecular flexibility index (Phi) is 4.55. The molecular formula is C15H15FN2O3. The largest absolute Gasteiger partial charge is 0.384 e. The van der Waals surface area contributed by atoms with Gasteiger partial charge in [-0.05, 0) is 12.1 Å². The van der Waals surface area contributed by atoms with Gasteiger partial charge < -0.3 is 14.9 Å². The number of benzene rings is 1. The lowest BCUT2D eigenvalue weighted by atomic mass is 10.1. The predicted octanol–water partition coefficient (Wildman–Crippen LogP) is -0.0299. The molecular weight excluding hydrogens is 275 g/mol. The smallest absolute Gasteiger partial charge is 0.242 e. The standard InChI is InChI=1S/C15H15FN2O3/c1-17-9-15(21)18(10-14(17)20)8-12-5-4-11(3-2-6-19)7-13(12)16/h4-5,7,19H,6,8-10H2,1H3. The SMILES string of the molecule is CN1CC(=O)N(Cc2ccc(C#CCO)cc2F)CC1=O. The van der Waals surface area contributed by atoms with Gasteiger partial charge in [0.25, 0.3) is 0 Å². The summed E-state index contributed by atoms with van der Waals surface area (Å²) < 4.78 is 14.0. The monoisotopic (exact) mass is 290 g/mol. The lowest BCUT2D eigenvalue weighted by Crippen LogP contribution is -2.51. The minimum atomic E-state index is -0.487. The van der Waals surface area contributed by atoms with E-state index in [1.54, 1.807) is 13.1 Å². The molecule has 110 valence electrons. The summed E-state index contributed by atoms with van der Waals surface area (Å²) in [4.78, 5) is 26.1. The van der Waals surface area contributed by atoms with Crippen LogP contribution in [-0.2, 0) is 16.1 Å². The van der Waals surface area contributed by atoms with Crippen LogP contribution >= 0.6 is 0 Å². The molecule has 21 heavy (non-hydrogen) atoms. The molecule has 1 fully saturated rings. The van der Waals surface area contributed by atoms with E-state index in [0.29, 0.717) is 11.1 Å². The second kappa shape index (κ2) is 6.37. The Bertz CT molecular complexity index is 634. The summed E-state index contributed by atoms with van der Waals surface area (Å²) in [5, 5.41) is 8.60. The summed E-state index contributed by atoms with van der Waals surface area (Å²) in [7, 11) is 1.56. The molecule has 0 radical (unpaired) electrons. The molecule has 1 aromatic carbocycles. The number of piperazine rings is 1. The molecule has 1 N–H and O–H groups in total. The van der Waals surface area contributed by atoms with Crippen LogP contribution in [0.25, 0.3) is 0 Å². The molecule has 1 aliphatic heterocycles. The van der Waals surface area contributed by atoms with Crippen molar-refractivity contribution in [2.24, 2.45) is 0 Å². The van der Waals surface area contributed by atoms with Gasteiger partial charge in [0.1, 0.15) is 19.0 Å². The van der Waals surface area contributed by atoms with Crippen LogP contribution in [0.3, 0.4) is 0 Å². The predicted molar refractivity (Wildman–Crippen MR) is 73.4 cm³/mol. The normalized spacial score (nSPS) is 15.0. The van der Waals surface area contributed by atoms with E-state index in [1.807, 2.05) is 0 Å². The van der Waals surface area contributed by atoms with Gasteiger partial charge in [0.15, 0.2) is 0 Å². The van der Waals surface area contributed by atoms with E-state index in [2.05, 4.69) is 11.8 Å². The van der Waals surface area contributed by atoms with Gasteiger partial charge in [-0.2, -0.15) is 0 Å². The molecule has 0 saturated carbocycles. The minimum Gasteiger partial charge on any atom is -0.384 e. The zero-order chi connectivity index (χ0) is 15.4. The van der Waals surface area contributed by atoms with Gasteiger partial charge in [0.05, 0.1) is 6.54 Å². The summed E-state index contributed by atoms with van der Waals surface area (Å²) in [6.07, 6.45) is 0. The highest BCUT2D eigenvalue weighted by molar-refractivity contribution is 5.92. The first kappa shape index (κ1) is 15.0. The molecule has 0 aliphatic carbocycles. The fourth-order valence-corrected chi connectivity index (χ4v) is 2.01. The van der Waals surface area contributed by atoms with E-state index in [1.165, 1.54) is 21.9 Å². The number of likely N-dealkylation sites (N-methyl/N-ethyl adjacent to an activating group) is 1. The number of carbonyl (C=O) groups is 2. The maximum Gasteiger partial charge on any atom is 0.242 e. The van der Waals surface area contributed by atoms with Gasteiger partial charge in [-0.1, -0.05) is 17.9 Å². The van der Waals surface area contributed by atoms with Crippen molar-refractivity contribution < 1.29 is 19.1 Å². The molecule has 5 nitrogen and oxygen atoms in total. The highest BCUT2D eigenvalue weighted by Crippen LogP contribution is 2.14. The van der Waals surface area contributed by atoms with Crippen LogP contribution in [-0.4, -0.2) is 53.5 Å². The summed E-state index contributed by atoms with van der Waals surface area (Å²) in [6.45, 7) is -0.263. The Morgan fingerprint density at radius 3 is 2.71 bits per heavy atom. The van der Waals surface area contributed by atoms with Crippen LogP contribution in [0.15, 0.2) is 18.2 Å². The highest BCUT2D eigenvalue weighted by atomic mass is 19.1. The number of halogens is 1. The van der Waals surface area contributed by atoms with Gasteiger partial charge in [-0.3, -0.25) is 9.59 Å². The van der Waals surface area contributed by atoms with Crippen LogP contribution in [0, 0.1) is 17.7 Å². The average Bonchev–Trinajstić information content (AvgIpc) is 2.45. The molecule has 6 heteroatoms. The lowest BCUT2D eigenvalue weighted by Gasteiger charge is -2.31. The van der Waals surface area contributed by atoms with Crippen molar-refractivity contribution in [1.82, 2.24) is 9.80 Å². The summed E-state index contributed by atoms with van der Waals surface area (Å²) in [5.74, 6) is 4.18. The Hall–Kier alpha value is -2.39. The van der Waals surface area contributed by atoms with E-state index in [-0.39, 0.29) is 38.1 Å². The fourth-order valence-electron chi connectivity index (χ4n) is 2.01. The Balaban J connectivity index is 2.13. The van der Waals surface area contributed by atoms with Crippen molar-refractivity contribution in [1.29, 1.82) is 0 Å². The number of hydrogen-bond donors (Lipinski definition) is 1. The fraction of sp³-hybridized carbons (Fsp3) is 0.333. The molecule has 0 aromatic heterocycles. The summed E-state index contributed by atoms with van der Waals surface area (Å²) in [6, 6.07) is 4.40. The zero-order valence-electron chi connectivity index (χ0n) is 11.6. The average molecular weight is 290 g/mol. The van der Waals surface area contributed by atoms with Gasteiger partial charge in [0.2, 0.25) is 11.8 Å². The Labute approximate surface area is 122 Å². The van der Waals surface area contributed by atoms with Crippen molar-refractivity contribution in [2.75, 3.05) is 26.7 Å². The summed E-state index contributed by atoms with van der Waals surface area (Å²) in [5.41, 5.74) is 0.779. The van der Waals surface area contributed by atoms with Crippen LogP contribution in [0.2, 0.25) is 0 Å². The number of hydrogen-bond acceptors (Lipinski definition) is 3. The Morgan fingerprint density at radius 1 is 1.29 bits per heavy atom. The zero-order valence-corrected chi connectivity index (χ0v) is 11.6. The highest BCUT2D eigenvalue weighted by Gasteiger charge is 2.27. The van der Waals surface area contributed by atoms with Crippen LogP contribution < -0.4 is 0 Å². The third-order valence-electron chi connectivity index (χ3n) is 3.20. The topological polar surface area (TPSA) is 60.9 Å². The summed E-state index contributed by atoms with van der Waals surface area (Å²) >= 11 is 0. The number of aliphatic hydroxyl groups is 1. The Morgan fingerprint density at radius 2 is 2.05 bits per heavy atom. The molecule has 1 aromatic rings. The van der Waals surface area contributed by atoms with Crippen molar-refractivity contribution in [2.45, 2.75) is 6.54 Å². The van der Waals surface area contributed by atoms with Crippen molar-refractivity contribution in [3.05, 3.63) is 35.1 Å². The van der Waals surface area contributed by atoms with E-state index >= 15 is 0 Å². The van der Waals surface area contributed by atoms with E-state index in [0.717, 1.165) is 0 Å². The number of nitrogens with zero attached hydrogens (tertiary/aromatic N) is 2. The van der Waals surface area contributed by atoms with Gasteiger partial charge in [-0.15, -0.1) is 0 Å². The van der Waals surface area contributed by atoms with E-state index in [9.17, 15) is 14.0 Å². The van der Waals surface area contributed by atoms with Crippen LogP contribution in [0.5, 0.6) is 0 Å². The molecule has 1 saturated heterocycles.